The van der Waals surface area contributed by atoms with Crippen LogP contribution >= 0.6 is 15.9 Å². The first-order valence-electron chi connectivity index (χ1n) is 7.35. The highest BCUT2D eigenvalue weighted by Crippen LogP contribution is 2.13. The van der Waals surface area contributed by atoms with Gasteiger partial charge in [-0.25, -0.2) is 9.97 Å². The molecule has 1 fully saturated rings. The van der Waals surface area contributed by atoms with Crippen molar-refractivity contribution in [2.45, 2.75) is 26.2 Å². The Kier molecular flexibility index (Phi) is 6.69. The molecule has 1 aromatic heterocycles. The summed E-state index contributed by atoms with van der Waals surface area (Å²) in [6.45, 7) is 8.04. The van der Waals surface area contributed by atoms with Gasteiger partial charge in [-0.2, -0.15) is 0 Å². The van der Waals surface area contributed by atoms with Gasteiger partial charge in [0, 0.05) is 32.1 Å². The van der Waals surface area contributed by atoms with E-state index in [0.29, 0.717) is 0 Å². The van der Waals surface area contributed by atoms with Gasteiger partial charge in [0.05, 0.1) is 13.2 Å². The van der Waals surface area contributed by atoms with Crippen molar-refractivity contribution in [3.05, 3.63) is 16.5 Å². The van der Waals surface area contributed by atoms with E-state index in [4.69, 9.17) is 4.74 Å². The normalized spacial score (nSPS) is 16.3. The number of anilines is 1. The molecule has 0 spiro atoms. The van der Waals surface area contributed by atoms with Crippen LogP contribution < -0.4 is 5.32 Å². The Morgan fingerprint density at radius 3 is 2.90 bits per heavy atom. The fourth-order valence-electron chi connectivity index (χ4n) is 2.23. The van der Waals surface area contributed by atoms with Crippen molar-refractivity contribution in [1.29, 1.82) is 0 Å². The van der Waals surface area contributed by atoms with Crippen LogP contribution in [0.1, 0.15) is 25.6 Å². The van der Waals surface area contributed by atoms with Crippen LogP contribution in [0.2, 0.25) is 0 Å². The number of hydrogen-bond donors (Lipinski definition) is 1. The van der Waals surface area contributed by atoms with Crippen LogP contribution in [0.15, 0.2) is 10.7 Å². The van der Waals surface area contributed by atoms with Crippen LogP contribution in [0.5, 0.6) is 0 Å². The number of ether oxygens (including phenoxy) is 1. The van der Waals surface area contributed by atoms with E-state index in [1.165, 1.54) is 0 Å². The maximum absolute atomic E-state index is 5.35. The largest absolute Gasteiger partial charge is 0.379 e. The molecule has 1 saturated heterocycles. The molecule has 2 heterocycles. The molecule has 5 nitrogen and oxygen atoms in total. The molecule has 112 valence electrons. The van der Waals surface area contributed by atoms with Gasteiger partial charge in [0.2, 0.25) is 0 Å². The Morgan fingerprint density at radius 2 is 2.15 bits per heavy atom. The average molecular weight is 343 g/mol. The first-order chi connectivity index (χ1) is 9.78. The van der Waals surface area contributed by atoms with Crippen LogP contribution in [0.25, 0.3) is 0 Å². The summed E-state index contributed by atoms with van der Waals surface area (Å²) in [5.74, 6) is 1.81. The molecule has 0 radical (unpaired) electrons. The third-order valence-electron chi connectivity index (χ3n) is 3.28. The fraction of sp³-hybridized carbons (Fsp3) is 0.714. The molecule has 0 unspecified atom stereocenters. The Balaban J connectivity index is 1.72. The zero-order valence-corrected chi connectivity index (χ0v) is 13.7. The van der Waals surface area contributed by atoms with E-state index in [9.17, 15) is 0 Å². The standard InChI is InChI=1S/C14H23BrN4O/c1-2-4-13-17-12(15)11-14(18-13)16-5-3-6-19-7-9-20-10-8-19/h11H,2-10H2,1H3,(H,16,17,18). The molecular formula is C14H23BrN4O. The predicted octanol–water partition coefficient (Wildman–Crippen LogP) is 2.33. The minimum Gasteiger partial charge on any atom is -0.379 e. The molecule has 1 aliphatic rings. The number of hydrogen-bond acceptors (Lipinski definition) is 5. The van der Waals surface area contributed by atoms with Gasteiger partial charge in [0.15, 0.2) is 0 Å². The Labute approximate surface area is 129 Å². The molecule has 0 atom stereocenters. The van der Waals surface area contributed by atoms with Crippen molar-refractivity contribution >= 4 is 21.7 Å². The fourth-order valence-corrected chi connectivity index (χ4v) is 2.66. The zero-order chi connectivity index (χ0) is 14.2. The second-order valence-electron chi connectivity index (χ2n) is 4.98. The van der Waals surface area contributed by atoms with Gasteiger partial charge in [-0.15, -0.1) is 0 Å². The van der Waals surface area contributed by atoms with Crippen molar-refractivity contribution < 1.29 is 4.74 Å². The highest BCUT2D eigenvalue weighted by molar-refractivity contribution is 9.10. The van der Waals surface area contributed by atoms with Crippen molar-refractivity contribution in [3.8, 4) is 0 Å². The summed E-state index contributed by atoms with van der Waals surface area (Å²) in [6.07, 6.45) is 3.10. The highest BCUT2D eigenvalue weighted by Gasteiger charge is 2.09. The molecule has 0 saturated carbocycles. The van der Waals surface area contributed by atoms with Gasteiger partial charge < -0.3 is 10.1 Å². The van der Waals surface area contributed by atoms with Gasteiger partial charge >= 0.3 is 0 Å². The van der Waals surface area contributed by atoms with E-state index in [-0.39, 0.29) is 0 Å². The number of morpholine rings is 1. The van der Waals surface area contributed by atoms with Gasteiger partial charge in [0.1, 0.15) is 16.2 Å². The van der Waals surface area contributed by atoms with Crippen molar-refractivity contribution in [1.82, 2.24) is 14.9 Å². The molecule has 0 aliphatic carbocycles. The second-order valence-corrected chi connectivity index (χ2v) is 5.79. The van der Waals surface area contributed by atoms with E-state index in [2.05, 4.69) is 43.0 Å². The first kappa shape index (κ1) is 15.7. The molecule has 6 heteroatoms. The van der Waals surface area contributed by atoms with Crippen LogP contribution in [-0.4, -0.2) is 54.3 Å². The Morgan fingerprint density at radius 1 is 1.35 bits per heavy atom. The molecule has 0 bridgehead atoms. The number of nitrogens with zero attached hydrogens (tertiary/aromatic N) is 3. The summed E-state index contributed by atoms with van der Waals surface area (Å²) < 4.78 is 6.20. The van der Waals surface area contributed by atoms with Crippen molar-refractivity contribution in [2.24, 2.45) is 0 Å². The van der Waals surface area contributed by atoms with Crippen LogP contribution in [0, 0.1) is 0 Å². The minimum atomic E-state index is 0.853. The summed E-state index contributed by atoms with van der Waals surface area (Å²) >= 11 is 3.44. The molecule has 2 rings (SSSR count). The van der Waals surface area contributed by atoms with E-state index in [1.807, 2.05) is 6.07 Å². The van der Waals surface area contributed by atoms with E-state index >= 15 is 0 Å². The lowest BCUT2D eigenvalue weighted by molar-refractivity contribution is 0.0378. The van der Waals surface area contributed by atoms with Gasteiger partial charge in [-0.3, -0.25) is 4.90 Å². The van der Waals surface area contributed by atoms with Crippen LogP contribution in [0.3, 0.4) is 0 Å². The lowest BCUT2D eigenvalue weighted by atomic mass is 10.3. The van der Waals surface area contributed by atoms with Gasteiger partial charge in [-0.05, 0) is 35.3 Å². The molecule has 0 amide bonds. The molecule has 1 aromatic rings. The summed E-state index contributed by atoms with van der Waals surface area (Å²) in [5.41, 5.74) is 0. The summed E-state index contributed by atoms with van der Waals surface area (Å²) in [5, 5.41) is 3.38. The molecule has 1 aliphatic heterocycles. The summed E-state index contributed by atoms with van der Waals surface area (Å²) in [4.78, 5) is 11.3. The average Bonchev–Trinajstić information content (AvgIpc) is 2.45. The number of nitrogens with one attached hydrogen (secondary N) is 1. The highest BCUT2D eigenvalue weighted by atomic mass is 79.9. The molecule has 0 aromatic carbocycles. The number of aryl methyl sites for hydroxylation is 1. The number of halogens is 1. The predicted molar refractivity (Wildman–Crippen MR) is 84.1 cm³/mol. The Hall–Kier alpha value is -0.720. The lowest BCUT2D eigenvalue weighted by Gasteiger charge is -2.26. The van der Waals surface area contributed by atoms with Crippen LogP contribution in [0.4, 0.5) is 5.82 Å². The van der Waals surface area contributed by atoms with Crippen molar-refractivity contribution in [2.75, 3.05) is 44.7 Å². The first-order valence-corrected chi connectivity index (χ1v) is 8.14. The lowest BCUT2D eigenvalue weighted by Crippen LogP contribution is -2.37. The van der Waals surface area contributed by atoms with E-state index < -0.39 is 0 Å². The zero-order valence-electron chi connectivity index (χ0n) is 12.1. The Bertz CT molecular complexity index is 410. The molecule has 1 N–H and O–H groups in total. The second kappa shape index (κ2) is 8.54. The summed E-state index contributed by atoms with van der Waals surface area (Å²) in [7, 11) is 0. The van der Waals surface area contributed by atoms with Crippen molar-refractivity contribution in [3.63, 3.8) is 0 Å². The number of aromatic nitrogens is 2. The van der Waals surface area contributed by atoms with Gasteiger partial charge in [0.25, 0.3) is 0 Å². The maximum Gasteiger partial charge on any atom is 0.132 e. The SMILES string of the molecule is CCCc1nc(Br)cc(NCCCN2CCOCC2)n1. The van der Waals surface area contributed by atoms with E-state index in [1.54, 1.807) is 0 Å². The minimum absolute atomic E-state index is 0.853. The monoisotopic (exact) mass is 342 g/mol. The third-order valence-corrected chi connectivity index (χ3v) is 3.68. The number of rotatable bonds is 7. The topological polar surface area (TPSA) is 50.3 Å². The maximum atomic E-state index is 5.35. The van der Waals surface area contributed by atoms with Crippen LogP contribution in [-0.2, 0) is 11.2 Å². The van der Waals surface area contributed by atoms with Gasteiger partial charge in [-0.1, -0.05) is 6.92 Å². The molecular weight excluding hydrogens is 320 g/mol. The molecule has 20 heavy (non-hydrogen) atoms. The summed E-state index contributed by atoms with van der Waals surface area (Å²) in [6, 6.07) is 1.94. The smallest absolute Gasteiger partial charge is 0.132 e. The third kappa shape index (κ3) is 5.34. The quantitative estimate of drug-likeness (QED) is 0.608. The van der Waals surface area contributed by atoms with E-state index in [0.717, 1.165) is 74.9 Å².